The quantitative estimate of drug-likeness (QED) is 0.679. The van der Waals surface area contributed by atoms with E-state index in [1.165, 1.54) is 0 Å². The number of carbonyl (C=O) groups is 1. The number of rotatable bonds is 10. The summed E-state index contributed by atoms with van der Waals surface area (Å²) in [6, 6.07) is 8.60. The molecule has 1 aromatic carbocycles. The topological polar surface area (TPSA) is 65.0 Å². The Morgan fingerprint density at radius 2 is 1.76 bits per heavy atom. The molecule has 1 amide bonds. The molecule has 0 fully saturated rings. The third-order valence-electron chi connectivity index (χ3n) is 3.92. The maximum Gasteiger partial charge on any atom is 0.409 e. The molecule has 0 spiro atoms. The van der Waals surface area contributed by atoms with Crippen LogP contribution in [0, 0.1) is 0 Å². The minimum absolute atomic E-state index is 0.119. The predicted molar refractivity (Wildman–Crippen MR) is 102 cm³/mol. The first-order valence-corrected chi connectivity index (χ1v) is 8.91. The van der Waals surface area contributed by atoms with Gasteiger partial charge in [-0.2, -0.15) is 0 Å². The van der Waals surface area contributed by atoms with Gasteiger partial charge in [0.05, 0.1) is 6.61 Å². The molecule has 6 nitrogen and oxygen atoms in total. The van der Waals surface area contributed by atoms with E-state index in [1.807, 2.05) is 24.3 Å². The van der Waals surface area contributed by atoms with E-state index in [0.717, 1.165) is 11.3 Å². The Labute approximate surface area is 151 Å². The fourth-order valence-electron chi connectivity index (χ4n) is 2.41. The van der Waals surface area contributed by atoms with Gasteiger partial charge in [-0.15, -0.1) is 0 Å². The summed E-state index contributed by atoms with van der Waals surface area (Å²) in [6.45, 7) is 10.6. The van der Waals surface area contributed by atoms with Crippen LogP contribution >= 0.6 is 0 Å². The lowest BCUT2D eigenvalue weighted by atomic mass is 10.2. The van der Waals surface area contributed by atoms with Crippen molar-refractivity contribution >= 4 is 11.8 Å². The first kappa shape index (κ1) is 21.3. The Morgan fingerprint density at radius 1 is 1.12 bits per heavy atom. The number of amides is 1. The van der Waals surface area contributed by atoms with Gasteiger partial charge in [0.1, 0.15) is 6.61 Å². The fraction of sp³-hybridized carbons (Fsp3) is 0.632. The second-order valence-corrected chi connectivity index (χ2v) is 6.83. The van der Waals surface area contributed by atoms with Crippen molar-refractivity contribution in [2.24, 2.45) is 0 Å². The highest BCUT2D eigenvalue weighted by molar-refractivity contribution is 5.67. The number of nitrogens with one attached hydrogen (secondary N) is 1. The van der Waals surface area contributed by atoms with E-state index in [9.17, 15) is 4.79 Å². The van der Waals surface area contributed by atoms with Crippen molar-refractivity contribution < 1.29 is 14.6 Å². The summed E-state index contributed by atoms with van der Waals surface area (Å²) in [5.74, 6) is 0. The average molecular weight is 351 g/mol. The van der Waals surface area contributed by atoms with Crippen LogP contribution in [0.4, 0.5) is 10.5 Å². The first-order chi connectivity index (χ1) is 11.8. The Balaban J connectivity index is 2.39. The molecule has 0 aliphatic heterocycles. The number of likely N-dealkylation sites (N-methyl/N-ethyl adjacent to an activating group) is 1. The largest absolute Gasteiger partial charge is 0.445 e. The summed E-state index contributed by atoms with van der Waals surface area (Å²) in [4.78, 5) is 15.8. The van der Waals surface area contributed by atoms with Crippen LogP contribution in [0.5, 0.6) is 0 Å². The number of hydrogen-bond acceptors (Lipinski definition) is 5. The maximum atomic E-state index is 12.1. The van der Waals surface area contributed by atoms with Crippen molar-refractivity contribution in [2.45, 2.75) is 46.4 Å². The monoisotopic (exact) mass is 351 g/mol. The smallest absolute Gasteiger partial charge is 0.409 e. The molecule has 0 bridgehead atoms. The van der Waals surface area contributed by atoms with Gasteiger partial charge < -0.3 is 20.1 Å². The van der Waals surface area contributed by atoms with Gasteiger partial charge >= 0.3 is 6.09 Å². The molecule has 1 rings (SSSR count). The van der Waals surface area contributed by atoms with Gasteiger partial charge in [0.15, 0.2) is 0 Å². The lowest BCUT2D eigenvalue weighted by Gasteiger charge is -2.27. The zero-order valence-electron chi connectivity index (χ0n) is 16.2. The summed E-state index contributed by atoms with van der Waals surface area (Å²) in [5.41, 5.74) is 2.01. The van der Waals surface area contributed by atoms with Gasteiger partial charge in [-0.05, 0) is 45.4 Å². The Kier molecular flexibility index (Phi) is 9.31. The van der Waals surface area contributed by atoms with E-state index in [2.05, 4.69) is 37.9 Å². The van der Waals surface area contributed by atoms with Crippen molar-refractivity contribution in [3.05, 3.63) is 29.8 Å². The minimum Gasteiger partial charge on any atom is -0.445 e. The number of aliphatic hydroxyl groups is 1. The summed E-state index contributed by atoms with van der Waals surface area (Å²) in [5, 5.41) is 12.4. The van der Waals surface area contributed by atoms with Crippen molar-refractivity contribution in [1.29, 1.82) is 0 Å². The zero-order valence-corrected chi connectivity index (χ0v) is 16.2. The third kappa shape index (κ3) is 8.23. The molecule has 0 aliphatic carbocycles. The number of hydrogen-bond donors (Lipinski definition) is 2. The van der Waals surface area contributed by atoms with Crippen molar-refractivity contribution in [3.63, 3.8) is 0 Å². The molecule has 2 N–H and O–H groups in total. The minimum atomic E-state index is -0.336. The molecule has 0 saturated carbocycles. The van der Waals surface area contributed by atoms with Crippen LogP contribution in [0.1, 0.15) is 33.3 Å². The highest BCUT2D eigenvalue weighted by atomic mass is 16.6. The van der Waals surface area contributed by atoms with Crippen molar-refractivity contribution in [1.82, 2.24) is 9.80 Å². The second kappa shape index (κ2) is 10.9. The number of aliphatic hydroxyl groups excluding tert-OH is 1. The van der Waals surface area contributed by atoms with Crippen LogP contribution in [-0.4, -0.2) is 66.4 Å². The molecule has 0 unspecified atom stereocenters. The Bertz CT molecular complexity index is 503. The third-order valence-corrected chi connectivity index (χ3v) is 3.92. The van der Waals surface area contributed by atoms with Crippen LogP contribution in [-0.2, 0) is 11.3 Å². The lowest BCUT2D eigenvalue weighted by molar-refractivity contribution is 0.0952. The van der Waals surface area contributed by atoms with Crippen LogP contribution in [0.2, 0.25) is 0 Å². The van der Waals surface area contributed by atoms with Gasteiger partial charge in [-0.25, -0.2) is 4.79 Å². The summed E-state index contributed by atoms with van der Waals surface area (Å²) in [6.07, 6.45) is -0.336. The number of benzene rings is 1. The highest BCUT2D eigenvalue weighted by Gasteiger charge is 2.14. The van der Waals surface area contributed by atoms with Gasteiger partial charge in [0.2, 0.25) is 0 Å². The molecule has 1 aromatic rings. The van der Waals surface area contributed by atoms with Crippen molar-refractivity contribution in [3.8, 4) is 0 Å². The number of carbonyl (C=O) groups excluding carboxylic acids is 1. The molecule has 0 aliphatic rings. The number of nitrogens with zero attached hydrogens (tertiary/aromatic N) is 2. The van der Waals surface area contributed by atoms with Gasteiger partial charge in [-0.3, -0.25) is 4.90 Å². The zero-order chi connectivity index (χ0) is 18.8. The van der Waals surface area contributed by atoms with E-state index in [0.29, 0.717) is 31.7 Å². The van der Waals surface area contributed by atoms with Gasteiger partial charge in [0.25, 0.3) is 0 Å². The van der Waals surface area contributed by atoms with E-state index < -0.39 is 0 Å². The van der Waals surface area contributed by atoms with E-state index in [4.69, 9.17) is 9.84 Å². The summed E-state index contributed by atoms with van der Waals surface area (Å²) in [7, 11) is 1.73. The van der Waals surface area contributed by atoms with E-state index in [-0.39, 0.29) is 19.3 Å². The van der Waals surface area contributed by atoms with E-state index in [1.54, 1.807) is 11.9 Å². The molecule has 142 valence electrons. The summed E-state index contributed by atoms with van der Waals surface area (Å²) >= 11 is 0. The molecule has 0 radical (unpaired) electrons. The van der Waals surface area contributed by atoms with Crippen LogP contribution in [0.3, 0.4) is 0 Å². The Hall–Kier alpha value is -1.79. The molecule has 0 aromatic heterocycles. The summed E-state index contributed by atoms with van der Waals surface area (Å²) < 4.78 is 5.36. The predicted octanol–water partition coefficient (Wildman–Crippen LogP) is 2.78. The average Bonchev–Trinajstić information content (AvgIpc) is 2.56. The molecule has 6 heteroatoms. The van der Waals surface area contributed by atoms with Gasteiger partial charge in [0, 0.05) is 44.5 Å². The normalized spacial score (nSPS) is 11.2. The molecule has 0 saturated heterocycles. The van der Waals surface area contributed by atoms with Crippen LogP contribution in [0.25, 0.3) is 0 Å². The molecular formula is C19H33N3O3. The molecule has 0 heterocycles. The lowest BCUT2D eigenvalue weighted by Crippen LogP contribution is -2.41. The SMILES string of the molecule is CC(C)Nc1ccc(COC(=O)N(C)CCN(CCO)C(C)C)cc1. The van der Waals surface area contributed by atoms with E-state index >= 15 is 0 Å². The molecular weight excluding hydrogens is 318 g/mol. The van der Waals surface area contributed by atoms with Crippen LogP contribution < -0.4 is 5.32 Å². The maximum absolute atomic E-state index is 12.1. The molecule has 25 heavy (non-hydrogen) atoms. The van der Waals surface area contributed by atoms with Crippen molar-refractivity contribution in [2.75, 3.05) is 38.6 Å². The standard InChI is InChI=1S/C19H33N3O3/c1-15(2)20-18-8-6-17(7-9-18)14-25-19(24)21(5)10-11-22(12-13-23)16(3)4/h6-9,15-16,20,23H,10-14H2,1-5H3. The molecule has 0 atom stereocenters. The fourth-order valence-corrected chi connectivity index (χ4v) is 2.41. The van der Waals surface area contributed by atoms with Crippen LogP contribution in [0.15, 0.2) is 24.3 Å². The number of anilines is 1. The van der Waals surface area contributed by atoms with Gasteiger partial charge in [-0.1, -0.05) is 12.1 Å². The second-order valence-electron chi connectivity index (χ2n) is 6.83. The Morgan fingerprint density at radius 3 is 2.28 bits per heavy atom. The number of ether oxygens (including phenoxy) is 1. The highest BCUT2D eigenvalue weighted by Crippen LogP contribution is 2.12. The first-order valence-electron chi connectivity index (χ1n) is 8.91.